The second kappa shape index (κ2) is 7.70. The van der Waals surface area contributed by atoms with E-state index in [1.165, 1.54) is 6.07 Å². The van der Waals surface area contributed by atoms with Gasteiger partial charge < -0.3 is 9.84 Å². The highest BCUT2D eigenvalue weighted by Gasteiger charge is 2.38. The fourth-order valence-corrected chi connectivity index (χ4v) is 2.43. The van der Waals surface area contributed by atoms with E-state index >= 15 is 0 Å². The van der Waals surface area contributed by atoms with E-state index in [1.54, 1.807) is 0 Å². The van der Waals surface area contributed by atoms with Crippen LogP contribution in [0.4, 0.5) is 13.2 Å². The molecule has 0 fully saturated rings. The van der Waals surface area contributed by atoms with E-state index in [1.807, 2.05) is 27.7 Å². The van der Waals surface area contributed by atoms with Gasteiger partial charge in [0.05, 0.1) is 6.10 Å². The number of benzene rings is 1. The molecule has 1 aromatic rings. The number of alkyl halides is 3. The van der Waals surface area contributed by atoms with Gasteiger partial charge in [-0.1, -0.05) is 26.7 Å². The first-order chi connectivity index (χ1) is 10.6. The van der Waals surface area contributed by atoms with Gasteiger partial charge in [0.1, 0.15) is 17.2 Å². The zero-order valence-corrected chi connectivity index (χ0v) is 14.0. The number of hydrogen-bond donors (Lipinski definition) is 2. The van der Waals surface area contributed by atoms with Crippen LogP contribution in [0.5, 0.6) is 11.5 Å². The minimum absolute atomic E-state index is 0.159. The van der Waals surface area contributed by atoms with Crippen LogP contribution in [-0.4, -0.2) is 23.1 Å². The van der Waals surface area contributed by atoms with E-state index in [9.17, 15) is 18.3 Å². The molecule has 0 aliphatic carbocycles. The third-order valence-electron chi connectivity index (χ3n) is 3.35. The molecule has 0 amide bonds. The largest absolute Gasteiger partial charge is 0.507 e. The standard InChI is InChI=1S/C17H24F3NO2/c1-5-7-11-9-13(16(21)17(18,19)20)14(22)12(8-6-2)15(11)23-10(3)4/h9-10,21-22H,5-8H2,1-4H3. The predicted molar refractivity (Wildman–Crippen MR) is 84.7 cm³/mol. The van der Waals surface area contributed by atoms with E-state index in [0.717, 1.165) is 6.42 Å². The van der Waals surface area contributed by atoms with Crippen molar-refractivity contribution in [1.82, 2.24) is 0 Å². The first kappa shape index (κ1) is 19.3. The average Bonchev–Trinajstić information content (AvgIpc) is 2.43. The number of ether oxygens (including phenoxy) is 1. The zero-order valence-electron chi connectivity index (χ0n) is 14.0. The van der Waals surface area contributed by atoms with E-state index in [-0.39, 0.29) is 6.10 Å². The summed E-state index contributed by atoms with van der Waals surface area (Å²) in [5.41, 5.74) is -1.04. The summed E-state index contributed by atoms with van der Waals surface area (Å²) < 4.78 is 44.5. The van der Waals surface area contributed by atoms with Gasteiger partial charge in [0.2, 0.25) is 0 Å². The molecule has 0 bridgehead atoms. The second-order valence-corrected chi connectivity index (χ2v) is 5.78. The smallest absolute Gasteiger partial charge is 0.433 e. The Labute approximate surface area is 135 Å². The number of rotatable bonds is 7. The lowest BCUT2D eigenvalue weighted by Gasteiger charge is -2.22. The van der Waals surface area contributed by atoms with Gasteiger partial charge in [0, 0.05) is 11.1 Å². The average molecular weight is 331 g/mol. The fourth-order valence-electron chi connectivity index (χ4n) is 2.43. The van der Waals surface area contributed by atoms with Crippen LogP contribution in [-0.2, 0) is 12.8 Å². The molecule has 130 valence electrons. The van der Waals surface area contributed by atoms with Crippen molar-refractivity contribution < 1.29 is 23.0 Å². The van der Waals surface area contributed by atoms with Gasteiger partial charge >= 0.3 is 6.18 Å². The van der Waals surface area contributed by atoms with E-state index in [2.05, 4.69) is 0 Å². The molecule has 0 atom stereocenters. The van der Waals surface area contributed by atoms with Crippen LogP contribution in [0.15, 0.2) is 6.07 Å². The lowest BCUT2D eigenvalue weighted by atomic mass is 9.94. The van der Waals surface area contributed by atoms with Crippen molar-refractivity contribution in [2.75, 3.05) is 0 Å². The van der Waals surface area contributed by atoms with Gasteiger partial charge in [-0.2, -0.15) is 13.2 Å². The third-order valence-corrected chi connectivity index (χ3v) is 3.35. The third kappa shape index (κ3) is 4.62. The summed E-state index contributed by atoms with van der Waals surface area (Å²) in [6, 6.07) is 1.24. The molecule has 2 N–H and O–H groups in total. The molecule has 0 unspecified atom stereocenters. The molecule has 0 aromatic heterocycles. The van der Waals surface area contributed by atoms with Crippen LogP contribution in [0.2, 0.25) is 0 Å². The van der Waals surface area contributed by atoms with Gasteiger partial charge in [-0.15, -0.1) is 0 Å². The zero-order chi connectivity index (χ0) is 17.8. The molecule has 0 radical (unpaired) electrons. The minimum Gasteiger partial charge on any atom is -0.507 e. The van der Waals surface area contributed by atoms with Crippen LogP contribution >= 0.6 is 0 Å². The normalized spacial score (nSPS) is 11.8. The fraction of sp³-hybridized carbons (Fsp3) is 0.588. The van der Waals surface area contributed by atoms with Gasteiger partial charge in [-0.3, -0.25) is 5.41 Å². The van der Waals surface area contributed by atoms with Crippen molar-refractivity contribution in [3.05, 3.63) is 22.8 Å². The Balaban J connectivity index is 3.59. The Morgan fingerprint density at radius 1 is 1.22 bits per heavy atom. The second-order valence-electron chi connectivity index (χ2n) is 5.78. The molecule has 6 heteroatoms. The number of nitrogens with one attached hydrogen (secondary N) is 1. The van der Waals surface area contributed by atoms with Crippen LogP contribution in [0.25, 0.3) is 0 Å². The van der Waals surface area contributed by atoms with Crippen molar-refractivity contribution in [1.29, 1.82) is 5.41 Å². The molecule has 0 aliphatic heterocycles. The molecule has 1 aromatic carbocycles. The molecule has 0 heterocycles. The number of aryl methyl sites for hydroxylation is 1. The van der Waals surface area contributed by atoms with Crippen molar-refractivity contribution in [2.24, 2.45) is 0 Å². The summed E-state index contributed by atoms with van der Waals surface area (Å²) >= 11 is 0. The maximum atomic E-state index is 12.9. The van der Waals surface area contributed by atoms with Crippen molar-refractivity contribution in [2.45, 2.75) is 65.7 Å². The highest BCUT2D eigenvalue weighted by molar-refractivity contribution is 6.05. The lowest BCUT2D eigenvalue weighted by molar-refractivity contribution is -0.0588. The summed E-state index contributed by atoms with van der Waals surface area (Å²) in [6.45, 7) is 7.45. The quantitative estimate of drug-likeness (QED) is 0.690. The van der Waals surface area contributed by atoms with Gasteiger partial charge in [-0.05, 0) is 38.3 Å². The molecule has 1 rings (SSSR count). The molecule has 0 saturated carbocycles. The number of aromatic hydroxyl groups is 1. The number of phenols is 1. The molecule has 0 spiro atoms. The Bertz CT molecular complexity index is 566. The van der Waals surface area contributed by atoms with E-state index < -0.39 is 23.2 Å². The molecule has 0 aliphatic rings. The number of halogens is 3. The van der Waals surface area contributed by atoms with Crippen LogP contribution in [0, 0.1) is 5.41 Å². The van der Waals surface area contributed by atoms with Crippen molar-refractivity contribution in [3.8, 4) is 11.5 Å². The summed E-state index contributed by atoms with van der Waals surface area (Å²) in [5, 5.41) is 17.7. The SMILES string of the molecule is CCCc1cc(C(=N)C(F)(F)F)c(O)c(CCC)c1OC(C)C. The highest BCUT2D eigenvalue weighted by atomic mass is 19.4. The summed E-state index contributed by atoms with van der Waals surface area (Å²) in [6.07, 6.45) is -2.67. The van der Waals surface area contributed by atoms with Gasteiger partial charge in [0.15, 0.2) is 0 Å². The predicted octanol–water partition coefficient (Wildman–Crippen LogP) is 5.01. The van der Waals surface area contributed by atoms with Crippen LogP contribution in [0.1, 0.15) is 57.2 Å². The van der Waals surface area contributed by atoms with Gasteiger partial charge in [0.25, 0.3) is 0 Å². The van der Waals surface area contributed by atoms with E-state index in [0.29, 0.717) is 36.1 Å². The molecule has 0 saturated heterocycles. The molecule has 3 nitrogen and oxygen atoms in total. The Kier molecular flexibility index (Phi) is 6.47. The Hall–Kier alpha value is -1.72. The first-order valence-corrected chi connectivity index (χ1v) is 7.83. The van der Waals surface area contributed by atoms with Crippen molar-refractivity contribution >= 4 is 5.71 Å². The molecular formula is C17H24F3NO2. The van der Waals surface area contributed by atoms with Gasteiger partial charge in [-0.25, -0.2) is 0 Å². The topological polar surface area (TPSA) is 53.3 Å². The van der Waals surface area contributed by atoms with E-state index in [4.69, 9.17) is 10.1 Å². The summed E-state index contributed by atoms with van der Waals surface area (Å²) in [7, 11) is 0. The summed E-state index contributed by atoms with van der Waals surface area (Å²) in [4.78, 5) is 0. The van der Waals surface area contributed by atoms with Crippen LogP contribution < -0.4 is 4.74 Å². The Morgan fingerprint density at radius 3 is 2.22 bits per heavy atom. The first-order valence-electron chi connectivity index (χ1n) is 7.83. The number of hydrogen-bond acceptors (Lipinski definition) is 3. The maximum Gasteiger partial charge on any atom is 0.433 e. The van der Waals surface area contributed by atoms with Crippen molar-refractivity contribution in [3.63, 3.8) is 0 Å². The van der Waals surface area contributed by atoms with Crippen LogP contribution in [0.3, 0.4) is 0 Å². The number of phenolic OH excluding ortho intramolecular Hbond substituents is 1. The molecular weight excluding hydrogens is 307 g/mol. The maximum absolute atomic E-state index is 12.9. The Morgan fingerprint density at radius 2 is 1.78 bits per heavy atom. The summed E-state index contributed by atoms with van der Waals surface area (Å²) in [5.74, 6) is -0.0374. The molecule has 23 heavy (non-hydrogen) atoms. The monoisotopic (exact) mass is 331 g/mol. The lowest BCUT2D eigenvalue weighted by Crippen LogP contribution is -2.24. The minimum atomic E-state index is -4.80. The highest BCUT2D eigenvalue weighted by Crippen LogP contribution is 2.39.